The predicted octanol–water partition coefficient (Wildman–Crippen LogP) is 0.722. The van der Waals surface area contributed by atoms with E-state index < -0.39 is 16.3 Å². The molecular weight excluding hydrogens is 240 g/mol. The van der Waals surface area contributed by atoms with Gasteiger partial charge in [0.05, 0.1) is 4.90 Å². The summed E-state index contributed by atoms with van der Waals surface area (Å²) < 4.78 is 28.4. The van der Waals surface area contributed by atoms with E-state index in [1.165, 1.54) is 12.1 Å². The van der Waals surface area contributed by atoms with Gasteiger partial charge in [-0.15, -0.1) is 0 Å². The van der Waals surface area contributed by atoms with Crippen LogP contribution in [0.4, 0.5) is 0 Å². The molecule has 17 heavy (non-hydrogen) atoms. The molecule has 0 aromatic heterocycles. The third-order valence-electron chi connectivity index (χ3n) is 2.16. The molecule has 0 heterocycles. The highest BCUT2D eigenvalue weighted by Crippen LogP contribution is 2.15. The van der Waals surface area contributed by atoms with Crippen LogP contribution in [0.1, 0.15) is 18.9 Å². The predicted molar refractivity (Wildman–Crippen MR) is 65.7 cm³/mol. The molecule has 0 saturated heterocycles. The second-order valence-electron chi connectivity index (χ2n) is 4.11. The molecule has 1 aromatic rings. The van der Waals surface area contributed by atoms with Crippen LogP contribution >= 0.6 is 0 Å². The summed E-state index contributed by atoms with van der Waals surface area (Å²) in [5.74, 6) is 0. The summed E-state index contributed by atoms with van der Waals surface area (Å²) in [7, 11) is -3.80. The largest absolute Gasteiger partial charge is 0.328 e. The fourth-order valence-corrected chi connectivity index (χ4v) is 2.31. The van der Waals surface area contributed by atoms with Gasteiger partial charge in [-0.25, -0.2) is 4.18 Å². The first-order valence-electron chi connectivity index (χ1n) is 5.32. The lowest BCUT2D eigenvalue weighted by Crippen LogP contribution is -2.33. The molecule has 0 aliphatic rings. The Hall–Kier alpha value is -0.950. The van der Waals surface area contributed by atoms with Crippen molar-refractivity contribution in [2.24, 2.45) is 11.5 Å². The maximum Gasteiger partial charge on any atom is 0.298 e. The van der Waals surface area contributed by atoms with Gasteiger partial charge >= 0.3 is 0 Å². The first kappa shape index (κ1) is 14.1. The highest BCUT2D eigenvalue weighted by molar-refractivity contribution is 7.86. The second-order valence-corrected chi connectivity index (χ2v) is 5.69. The number of nitrogens with two attached hydrogens (primary N) is 2. The molecule has 0 fully saturated rings. The Morgan fingerprint density at radius 3 is 2.24 bits per heavy atom. The van der Waals surface area contributed by atoms with Gasteiger partial charge in [0.25, 0.3) is 10.1 Å². The molecule has 0 spiro atoms. The molecule has 0 radical (unpaired) electrons. The average molecular weight is 258 g/mol. The van der Waals surface area contributed by atoms with E-state index in [-0.39, 0.29) is 17.4 Å². The molecule has 2 unspecified atom stereocenters. The van der Waals surface area contributed by atoms with Crippen molar-refractivity contribution in [3.05, 3.63) is 29.8 Å². The van der Waals surface area contributed by atoms with E-state index in [0.717, 1.165) is 5.56 Å². The Morgan fingerprint density at radius 1 is 1.24 bits per heavy atom. The quantitative estimate of drug-likeness (QED) is 0.599. The summed E-state index contributed by atoms with van der Waals surface area (Å²) in [4.78, 5) is 0.100. The number of hydrogen-bond acceptors (Lipinski definition) is 5. The molecule has 0 aliphatic heterocycles. The van der Waals surface area contributed by atoms with Crippen LogP contribution in [0.3, 0.4) is 0 Å². The van der Waals surface area contributed by atoms with Gasteiger partial charge in [-0.1, -0.05) is 17.7 Å². The Morgan fingerprint density at radius 2 is 1.76 bits per heavy atom. The zero-order valence-corrected chi connectivity index (χ0v) is 10.8. The lowest BCUT2D eigenvalue weighted by Gasteiger charge is -2.14. The number of rotatable bonds is 5. The molecule has 2 atom stereocenters. The van der Waals surface area contributed by atoms with Crippen molar-refractivity contribution in [2.45, 2.75) is 37.4 Å². The van der Waals surface area contributed by atoms with Crippen LogP contribution in [0.2, 0.25) is 0 Å². The summed E-state index contributed by atoms with van der Waals surface area (Å²) in [5, 5.41) is 0. The first-order valence-corrected chi connectivity index (χ1v) is 6.73. The topological polar surface area (TPSA) is 95.4 Å². The van der Waals surface area contributed by atoms with E-state index in [1.807, 2.05) is 6.92 Å². The molecule has 0 saturated carbocycles. The van der Waals surface area contributed by atoms with Gasteiger partial charge in [0.1, 0.15) is 6.23 Å². The van der Waals surface area contributed by atoms with Crippen LogP contribution in [-0.4, -0.2) is 20.7 Å². The second kappa shape index (κ2) is 5.59. The Labute approximate surface area is 102 Å². The van der Waals surface area contributed by atoms with Crippen molar-refractivity contribution >= 4 is 10.1 Å². The van der Waals surface area contributed by atoms with Gasteiger partial charge in [-0.05, 0) is 26.0 Å². The summed E-state index contributed by atoms with van der Waals surface area (Å²) in [5.41, 5.74) is 12.0. The minimum atomic E-state index is -3.80. The molecule has 5 nitrogen and oxygen atoms in total. The average Bonchev–Trinajstić information content (AvgIpc) is 2.15. The summed E-state index contributed by atoms with van der Waals surface area (Å²) in [6, 6.07) is 6.17. The summed E-state index contributed by atoms with van der Waals surface area (Å²) in [6.07, 6.45) is -0.633. The van der Waals surface area contributed by atoms with Crippen molar-refractivity contribution < 1.29 is 12.6 Å². The van der Waals surface area contributed by atoms with Crippen LogP contribution in [0.5, 0.6) is 0 Å². The van der Waals surface area contributed by atoms with Gasteiger partial charge in [0, 0.05) is 12.5 Å². The normalized spacial score (nSPS) is 15.5. The zero-order valence-electron chi connectivity index (χ0n) is 9.96. The fraction of sp³-hybridized carbons (Fsp3) is 0.455. The maximum atomic E-state index is 11.8. The monoisotopic (exact) mass is 258 g/mol. The van der Waals surface area contributed by atoms with Crippen molar-refractivity contribution in [2.75, 3.05) is 0 Å². The molecule has 0 amide bonds. The Balaban J connectivity index is 2.78. The van der Waals surface area contributed by atoms with Crippen molar-refractivity contribution in [1.82, 2.24) is 0 Å². The van der Waals surface area contributed by atoms with E-state index in [2.05, 4.69) is 0 Å². The lowest BCUT2D eigenvalue weighted by atomic mass is 10.2. The summed E-state index contributed by atoms with van der Waals surface area (Å²) >= 11 is 0. The van der Waals surface area contributed by atoms with Gasteiger partial charge in [-0.3, -0.25) is 0 Å². The Bertz CT molecular complexity index is 454. The van der Waals surface area contributed by atoms with Crippen LogP contribution < -0.4 is 11.5 Å². The molecule has 0 aliphatic carbocycles. The molecule has 4 N–H and O–H groups in total. The SMILES string of the molecule is Cc1ccc(S(=O)(=O)OC(N)CC(C)N)cc1. The van der Waals surface area contributed by atoms with E-state index >= 15 is 0 Å². The first-order chi connectivity index (χ1) is 7.81. The van der Waals surface area contributed by atoms with Crippen LogP contribution in [-0.2, 0) is 14.3 Å². The van der Waals surface area contributed by atoms with Crippen molar-refractivity contribution in [3.63, 3.8) is 0 Å². The maximum absolute atomic E-state index is 11.8. The molecular formula is C11H18N2O3S. The van der Waals surface area contributed by atoms with Crippen molar-refractivity contribution in [3.8, 4) is 0 Å². The number of aryl methyl sites for hydroxylation is 1. The van der Waals surface area contributed by atoms with Crippen molar-refractivity contribution in [1.29, 1.82) is 0 Å². The molecule has 96 valence electrons. The van der Waals surface area contributed by atoms with Gasteiger partial charge in [0.2, 0.25) is 0 Å². The standard InChI is InChI=1S/C11H18N2O3S/c1-8-3-5-10(6-4-8)17(14,15)16-11(13)7-9(2)12/h3-6,9,11H,7,12-13H2,1-2H3. The minimum absolute atomic E-state index is 0.100. The fourth-order valence-electron chi connectivity index (χ4n) is 1.33. The lowest BCUT2D eigenvalue weighted by molar-refractivity contribution is 0.198. The number of benzene rings is 1. The summed E-state index contributed by atoms with van der Waals surface area (Å²) in [6.45, 7) is 3.61. The highest BCUT2D eigenvalue weighted by atomic mass is 32.2. The third-order valence-corrected chi connectivity index (χ3v) is 3.51. The van der Waals surface area contributed by atoms with E-state index in [9.17, 15) is 8.42 Å². The van der Waals surface area contributed by atoms with E-state index in [4.69, 9.17) is 15.7 Å². The third kappa shape index (κ3) is 4.43. The Kier molecular flexibility index (Phi) is 4.64. The van der Waals surface area contributed by atoms with Crippen LogP contribution in [0.15, 0.2) is 29.2 Å². The van der Waals surface area contributed by atoms with E-state index in [1.54, 1.807) is 19.1 Å². The minimum Gasteiger partial charge on any atom is -0.328 e. The molecule has 1 rings (SSSR count). The van der Waals surface area contributed by atoms with E-state index in [0.29, 0.717) is 0 Å². The van der Waals surface area contributed by atoms with Crippen LogP contribution in [0, 0.1) is 6.92 Å². The highest BCUT2D eigenvalue weighted by Gasteiger charge is 2.19. The molecule has 0 bridgehead atoms. The number of hydrogen-bond donors (Lipinski definition) is 2. The van der Waals surface area contributed by atoms with Gasteiger partial charge in [0.15, 0.2) is 0 Å². The van der Waals surface area contributed by atoms with Gasteiger partial charge in [-0.2, -0.15) is 8.42 Å². The molecule has 1 aromatic carbocycles. The van der Waals surface area contributed by atoms with Gasteiger partial charge < -0.3 is 11.5 Å². The smallest absolute Gasteiger partial charge is 0.298 e. The molecule has 6 heteroatoms. The zero-order chi connectivity index (χ0) is 13.1. The van der Waals surface area contributed by atoms with Crippen LogP contribution in [0.25, 0.3) is 0 Å².